The molecule has 0 unspecified atom stereocenters. The fourth-order valence-electron chi connectivity index (χ4n) is 2.49. The SMILES string of the molecule is Cc1oc2c(C)cc(Cl)cc2c1S(=O)(=O)c1ccc(F)cc1. The topological polar surface area (TPSA) is 47.3 Å². The van der Waals surface area contributed by atoms with Gasteiger partial charge < -0.3 is 4.42 Å². The average Bonchev–Trinajstić information content (AvgIpc) is 2.76. The highest BCUT2D eigenvalue weighted by molar-refractivity contribution is 7.91. The maximum absolute atomic E-state index is 13.0. The summed E-state index contributed by atoms with van der Waals surface area (Å²) in [6, 6.07) is 7.98. The van der Waals surface area contributed by atoms with Crippen LogP contribution in [0.3, 0.4) is 0 Å². The van der Waals surface area contributed by atoms with Gasteiger partial charge in [-0.2, -0.15) is 0 Å². The van der Waals surface area contributed by atoms with Gasteiger partial charge in [-0.3, -0.25) is 0 Å². The summed E-state index contributed by atoms with van der Waals surface area (Å²) in [7, 11) is -3.82. The second kappa shape index (κ2) is 5.11. The lowest BCUT2D eigenvalue weighted by atomic mass is 10.2. The molecule has 2 aromatic carbocycles. The van der Waals surface area contributed by atoms with Gasteiger partial charge in [-0.1, -0.05) is 11.6 Å². The van der Waals surface area contributed by atoms with Gasteiger partial charge in [-0.05, 0) is 55.8 Å². The van der Waals surface area contributed by atoms with E-state index in [0.717, 1.165) is 17.7 Å². The lowest BCUT2D eigenvalue weighted by molar-refractivity contribution is 0.556. The van der Waals surface area contributed by atoms with Crippen LogP contribution in [0.15, 0.2) is 50.6 Å². The van der Waals surface area contributed by atoms with Crippen LogP contribution in [-0.4, -0.2) is 8.42 Å². The van der Waals surface area contributed by atoms with Crippen molar-refractivity contribution < 1.29 is 17.2 Å². The standard InChI is InChI=1S/C16H12ClFO3S/c1-9-7-11(17)8-14-15(9)21-10(2)16(14)22(19,20)13-5-3-12(18)4-6-13/h3-8H,1-2H3. The molecule has 0 atom stereocenters. The van der Waals surface area contributed by atoms with Crippen molar-refractivity contribution in [3.63, 3.8) is 0 Å². The number of fused-ring (bicyclic) bond motifs is 1. The maximum atomic E-state index is 13.0. The van der Waals surface area contributed by atoms with Gasteiger partial charge >= 0.3 is 0 Å². The van der Waals surface area contributed by atoms with Crippen molar-refractivity contribution in [3.05, 3.63) is 58.6 Å². The monoisotopic (exact) mass is 338 g/mol. The molecule has 22 heavy (non-hydrogen) atoms. The van der Waals surface area contributed by atoms with Crippen LogP contribution in [0, 0.1) is 19.7 Å². The predicted octanol–water partition coefficient (Wildman–Crippen LogP) is 4.67. The minimum atomic E-state index is -3.82. The summed E-state index contributed by atoms with van der Waals surface area (Å²) in [5, 5.41) is 0.869. The molecule has 3 aromatic rings. The highest BCUT2D eigenvalue weighted by atomic mass is 35.5. The van der Waals surface area contributed by atoms with E-state index in [1.54, 1.807) is 26.0 Å². The third-order valence-electron chi connectivity index (χ3n) is 3.45. The smallest absolute Gasteiger partial charge is 0.210 e. The number of rotatable bonds is 2. The summed E-state index contributed by atoms with van der Waals surface area (Å²) in [6.07, 6.45) is 0. The summed E-state index contributed by atoms with van der Waals surface area (Å²) in [6.45, 7) is 3.38. The Kier molecular flexibility index (Phi) is 3.50. The van der Waals surface area contributed by atoms with Crippen molar-refractivity contribution in [2.45, 2.75) is 23.6 Å². The van der Waals surface area contributed by atoms with E-state index in [4.69, 9.17) is 16.0 Å². The molecule has 0 aliphatic rings. The molecule has 0 aliphatic carbocycles. The van der Waals surface area contributed by atoms with E-state index in [1.165, 1.54) is 12.1 Å². The molecular formula is C16H12ClFO3S. The number of furan rings is 1. The Labute approximate surface area is 132 Å². The fourth-order valence-corrected chi connectivity index (χ4v) is 4.35. The lowest BCUT2D eigenvalue weighted by Gasteiger charge is -2.04. The van der Waals surface area contributed by atoms with Crippen LogP contribution < -0.4 is 0 Å². The number of hydrogen-bond acceptors (Lipinski definition) is 3. The average molecular weight is 339 g/mol. The van der Waals surface area contributed by atoms with Crippen LogP contribution >= 0.6 is 11.6 Å². The van der Waals surface area contributed by atoms with Gasteiger partial charge in [0, 0.05) is 10.4 Å². The quantitative estimate of drug-likeness (QED) is 0.638. The van der Waals surface area contributed by atoms with Crippen LogP contribution in [0.4, 0.5) is 4.39 Å². The van der Waals surface area contributed by atoms with Gasteiger partial charge in [0.05, 0.1) is 4.90 Å². The second-order valence-corrected chi connectivity index (χ2v) is 7.37. The Morgan fingerprint density at radius 1 is 1.09 bits per heavy atom. The van der Waals surface area contributed by atoms with Gasteiger partial charge in [0.1, 0.15) is 22.1 Å². The fraction of sp³-hybridized carbons (Fsp3) is 0.125. The number of benzene rings is 2. The zero-order chi connectivity index (χ0) is 16.1. The van der Waals surface area contributed by atoms with Crippen molar-refractivity contribution in [1.29, 1.82) is 0 Å². The normalized spacial score (nSPS) is 12.0. The highest BCUT2D eigenvalue weighted by Crippen LogP contribution is 2.36. The molecular weight excluding hydrogens is 327 g/mol. The van der Waals surface area contributed by atoms with Crippen LogP contribution in [0.1, 0.15) is 11.3 Å². The summed E-state index contributed by atoms with van der Waals surface area (Å²) < 4.78 is 44.3. The summed E-state index contributed by atoms with van der Waals surface area (Å²) in [4.78, 5) is 0.0806. The summed E-state index contributed by atoms with van der Waals surface area (Å²) in [5.41, 5.74) is 1.24. The zero-order valence-electron chi connectivity index (χ0n) is 11.9. The van der Waals surface area contributed by atoms with E-state index in [1.807, 2.05) is 0 Å². The van der Waals surface area contributed by atoms with Gasteiger partial charge in [0.15, 0.2) is 0 Å². The molecule has 0 amide bonds. The summed E-state index contributed by atoms with van der Waals surface area (Å²) >= 11 is 6.04. The third-order valence-corrected chi connectivity index (χ3v) is 5.61. The van der Waals surface area contributed by atoms with Crippen molar-refractivity contribution in [2.75, 3.05) is 0 Å². The number of aryl methyl sites for hydroxylation is 2. The van der Waals surface area contributed by atoms with Crippen molar-refractivity contribution in [2.24, 2.45) is 0 Å². The Morgan fingerprint density at radius 2 is 1.73 bits per heavy atom. The molecule has 0 fully saturated rings. The van der Waals surface area contributed by atoms with Crippen molar-refractivity contribution >= 4 is 32.4 Å². The molecule has 0 saturated heterocycles. The van der Waals surface area contributed by atoms with E-state index in [0.29, 0.717) is 16.0 Å². The number of halogens is 2. The molecule has 3 rings (SSSR count). The number of sulfone groups is 1. The van der Waals surface area contributed by atoms with Crippen molar-refractivity contribution in [3.8, 4) is 0 Å². The third kappa shape index (κ3) is 2.30. The Bertz CT molecular complexity index is 973. The van der Waals surface area contributed by atoms with E-state index in [2.05, 4.69) is 0 Å². The molecule has 0 radical (unpaired) electrons. The first-order valence-electron chi connectivity index (χ1n) is 6.50. The van der Waals surface area contributed by atoms with E-state index < -0.39 is 15.7 Å². The molecule has 6 heteroatoms. The Morgan fingerprint density at radius 3 is 2.36 bits per heavy atom. The van der Waals surface area contributed by atoms with Gasteiger partial charge in [0.2, 0.25) is 9.84 Å². The molecule has 1 heterocycles. The number of hydrogen-bond donors (Lipinski definition) is 0. The van der Waals surface area contributed by atoms with E-state index in [-0.39, 0.29) is 15.6 Å². The van der Waals surface area contributed by atoms with E-state index >= 15 is 0 Å². The van der Waals surface area contributed by atoms with Gasteiger partial charge in [-0.25, -0.2) is 12.8 Å². The Balaban J connectivity index is 2.34. The first-order valence-corrected chi connectivity index (χ1v) is 8.36. The van der Waals surface area contributed by atoms with Crippen molar-refractivity contribution in [1.82, 2.24) is 0 Å². The highest BCUT2D eigenvalue weighted by Gasteiger charge is 2.27. The second-order valence-electron chi connectivity index (χ2n) is 5.04. The largest absolute Gasteiger partial charge is 0.460 e. The molecule has 3 nitrogen and oxygen atoms in total. The van der Waals surface area contributed by atoms with Crippen LogP contribution in [0.25, 0.3) is 11.0 Å². The van der Waals surface area contributed by atoms with Gasteiger partial charge in [-0.15, -0.1) is 0 Å². The molecule has 0 bridgehead atoms. The van der Waals surface area contributed by atoms with Crippen LogP contribution in [-0.2, 0) is 9.84 Å². The Hall–Kier alpha value is -1.85. The maximum Gasteiger partial charge on any atom is 0.210 e. The lowest BCUT2D eigenvalue weighted by Crippen LogP contribution is -2.03. The van der Waals surface area contributed by atoms with E-state index in [9.17, 15) is 12.8 Å². The van der Waals surface area contributed by atoms with Crippen LogP contribution in [0.2, 0.25) is 5.02 Å². The first kappa shape index (κ1) is 15.1. The molecule has 0 aliphatic heterocycles. The minimum absolute atomic E-state index is 0.0114. The summed E-state index contributed by atoms with van der Waals surface area (Å²) in [5.74, 6) is -0.212. The molecule has 1 aromatic heterocycles. The van der Waals surface area contributed by atoms with Crippen LogP contribution in [0.5, 0.6) is 0 Å². The molecule has 0 N–H and O–H groups in total. The zero-order valence-corrected chi connectivity index (χ0v) is 13.4. The minimum Gasteiger partial charge on any atom is -0.460 e. The van der Waals surface area contributed by atoms with Gasteiger partial charge in [0.25, 0.3) is 0 Å². The predicted molar refractivity (Wildman–Crippen MR) is 82.5 cm³/mol. The molecule has 114 valence electrons. The first-order chi connectivity index (χ1) is 10.3. The molecule has 0 saturated carbocycles. The molecule has 0 spiro atoms.